The number of halogens is 2. The Hall–Kier alpha value is -0.480. The number of hydrogen-bond donors (Lipinski definition) is 1. The van der Waals surface area contributed by atoms with E-state index in [4.69, 9.17) is 11.6 Å². The summed E-state index contributed by atoms with van der Waals surface area (Å²) in [4.78, 5) is 2.24. The smallest absolute Gasteiger partial charge is 0.0548 e. The van der Waals surface area contributed by atoms with Gasteiger partial charge in [-0.2, -0.15) is 0 Å². The predicted molar refractivity (Wildman–Crippen MR) is 96.3 cm³/mol. The normalized spacial score (nSPS) is 11.7. The van der Waals surface area contributed by atoms with Gasteiger partial charge in [-0.3, -0.25) is 0 Å². The first-order chi connectivity index (χ1) is 9.85. The van der Waals surface area contributed by atoms with E-state index in [1.54, 1.807) is 11.8 Å². The van der Waals surface area contributed by atoms with Crippen molar-refractivity contribution < 1.29 is 0 Å². The van der Waals surface area contributed by atoms with E-state index in [2.05, 4.69) is 60.2 Å². The molecule has 4 heteroatoms. The zero-order chi connectivity index (χ0) is 15.5. The Morgan fingerprint density at radius 3 is 2.43 bits per heavy atom. The molecular formula is C17H19BrClNS. The summed E-state index contributed by atoms with van der Waals surface area (Å²) in [6.45, 7) is 7.30. The number of nitrogens with one attached hydrogen (secondary N) is 1. The van der Waals surface area contributed by atoms with Gasteiger partial charge in [0.1, 0.15) is 0 Å². The highest BCUT2D eigenvalue weighted by Gasteiger charge is 2.10. The lowest BCUT2D eigenvalue weighted by atomic mass is 10.1. The van der Waals surface area contributed by atoms with Crippen molar-refractivity contribution in [3.63, 3.8) is 0 Å². The highest BCUT2D eigenvalue weighted by atomic mass is 79.9. The van der Waals surface area contributed by atoms with E-state index in [0.717, 1.165) is 20.9 Å². The van der Waals surface area contributed by atoms with Crippen LogP contribution in [-0.4, -0.2) is 5.54 Å². The summed E-state index contributed by atoms with van der Waals surface area (Å²) in [5.41, 5.74) is 1.31. The maximum absolute atomic E-state index is 6.42. The van der Waals surface area contributed by atoms with Crippen LogP contribution in [0.2, 0.25) is 5.02 Å². The maximum atomic E-state index is 6.42. The van der Waals surface area contributed by atoms with Gasteiger partial charge in [-0.15, -0.1) is 0 Å². The number of hydrogen-bond acceptors (Lipinski definition) is 2. The highest BCUT2D eigenvalue weighted by molar-refractivity contribution is 9.10. The minimum absolute atomic E-state index is 0.106. The summed E-state index contributed by atoms with van der Waals surface area (Å²) in [5, 5.41) is 4.27. The molecule has 0 fully saturated rings. The standard InChI is InChI=1S/C17H19BrClNS/c1-17(2,3)20-11-12-8-9-16(14(19)10-12)21-15-7-5-4-6-13(15)18/h4-10,20H,11H2,1-3H3. The molecule has 0 aromatic heterocycles. The van der Waals surface area contributed by atoms with Gasteiger partial charge in [0.25, 0.3) is 0 Å². The monoisotopic (exact) mass is 383 g/mol. The third kappa shape index (κ3) is 5.33. The van der Waals surface area contributed by atoms with Crippen molar-refractivity contribution in [1.82, 2.24) is 5.32 Å². The van der Waals surface area contributed by atoms with Crippen LogP contribution >= 0.6 is 39.3 Å². The van der Waals surface area contributed by atoms with Gasteiger partial charge in [0.2, 0.25) is 0 Å². The first kappa shape index (κ1) is 16.9. The maximum Gasteiger partial charge on any atom is 0.0548 e. The molecule has 0 spiro atoms. The van der Waals surface area contributed by atoms with Crippen molar-refractivity contribution in [1.29, 1.82) is 0 Å². The quantitative estimate of drug-likeness (QED) is 0.679. The molecule has 0 saturated carbocycles. The Balaban J connectivity index is 2.11. The van der Waals surface area contributed by atoms with E-state index in [9.17, 15) is 0 Å². The van der Waals surface area contributed by atoms with Crippen LogP contribution in [0.5, 0.6) is 0 Å². The molecule has 0 aliphatic rings. The van der Waals surface area contributed by atoms with E-state index in [0.29, 0.717) is 0 Å². The lowest BCUT2D eigenvalue weighted by molar-refractivity contribution is 0.424. The van der Waals surface area contributed by atoms with Gasteiger partial charge in [0.15, 0.2) is 0 Å². The molecule has 0 radical (unpaired) electrons. The molecule has 0 saturated heterocycles. The van der Waals surface area contributed by atoms with Crippen molar-refractivity contribution in [2.24, 2.45) is 0 Å². The Kier molecular flexibility index (Phi) is 5.78. The first-order valence-electron chi connectivity index (χ1n) is 6.81. The summed E-state index contributed by atoms with van der Waals surface area (Å²) in [6, 6.07) is 14.4. The largest absolute Gasteiger partial charge is 0.308 e. The third-order valence-electron chi connectivity index (χ3n) is 2.88. The van der Waals surface area contributed by atoms with Crippen LogP contribution in [0.15, 0.2) is 56.7 Å². The fourth-order valence-corrected chi connectivity index (χ4v) is 3.44. The van der Waals surface area contributed by atoms with Crippen LogP contribution in [0, 0.1) is 0 Å². The van der Waals surface area contributed by atoms with Crippen LogP contribution in [-0.2, 0) is 6.54 Å². The van der Waals surface area contributed by atoms with Gasteiger partial charge in [0, 0.05) is 26.3 Å². The molecule has 0 heterocycles. The Morgan fingerprint density at radius 1 is 1.10 bits per heavy atom. The molecule has 2 aromatic rings. The fourth-order valence-electron chi connectivity index (χ4n) is 1.75. The van der Waals surface area contributed by atoms with E-state index >= 15 is 0 Å². The highest BCUT2D eigenvalue weighted by Crippen LogP contribution is 2.37. The van der Waals surface area contributed by atoms with E-state index in [1.807, 2.05) is 24.3 Å². The van der Waals surface area contributed by atoms with Crippen LogP contribution in [0.1, 0.15) is 26.3 Å². The molecule has 0 atom stereocenters. The van der Waals surface area contributed by atoms with E-state index in [1.165, 1.54) is 10.5 Å². The summed E-state index contributed by atoms with van der Waals surface area (Å²) in [7, 11) is 0. The van der Waals surface area contributed by atoms with Crippen LogP contribution in [0.3, 0.4) is 0 Å². The summed E-state index contributed by atoms with van der Waals surface area (Å²) >= 11 is 11.7. The minimum atomic E-state index is 0.106. The molecule has 0 unspecified atom stereocenters. The van der Waals surface area contributed by atoms with Gasteiger partial charge in [-0.25, -0.2) is 0 Å². The average Bonchev–Trinajstić information content (AvgIpc) is 2.41. The molecule has 1 nitrogen and oxygen atoms in total. The average molecular weight is 385 g/mol. The van der Waals surface area contributed by atoms with Gasteiger partial charge in [-0.05, 0) is 66.5 Å². The Labute approximate surface area is 144 Å². The molecule has 2 aromatic carbocycles. The Bertz CT molecular complexity index is 622. The van der Waals surface area contributed by atoms with Gasteiger partial charge < -0.3 is 5.32 Å². The van der Waals surface area contributed by atoms with Crippen LogP contribution < -0.4 is 5.32 Å². The van der Waals surface area contributed by atoms with Gasteiger partial charge in [-0.1, -0.05) is 41.6 Å². The zero-order valence-corrected chi connectivity index (χ0v) is 15.6. The minimum Gasteiger partial charge on any atom is -0.308 e. The third-order valence-corrected chi connectivity index (χ3v) is 5.41. The molecule has 0 aliphatic heterocycles. The van der Waals surface area contributed by atoms with Crippen LogP contribution in [0.4, 0.5) is 0 Å². The zero-order valence-electron chi connectivity index (χ0n) is 12.4. The van der Waals surface area contributed by atoms with E-state index < -0.39 is 0 Å². The van der Waals surface area contributed by atoms with E-state index in [-0.39, 0.29) is 5.54 Å². The predicted octanol–water partition coefficient (Wildman–Crippen LogP) is 6.14. The second-order valence-corrected chi connectivity index (χ2v) is 8.25. The fraction of sp³-hybridized carbons (Fsp3) is 0.294. The molecule has 2 rings (SSSR count). The number of benzene rings is 2. The topological polar surface area (TPSA) is 12.0 Å². The molecule has 0 aliphatic carbocycles. The van der Waals surface area contributed by atoms with Crippen molar-refractivity contribution in [3.8, 4) is 0 Å². The summed E-state index contributed by atoms with van der Waals surface area (Å²) in [6.07, 6.45) is 0. The second kappa shape index (κ2) is 7.19. The lowest BCUT2D eigenvalue weighted by Gasteiger charge is -2.20. The molecule has 0 amide bonds. The van der Waals surface area contributed by atoms with Gasteiger partial charge in [0.05, 0.1) is 5.02 Å². The number of rotatable bonds is 4. The molecule has 21 heavy (non-hydrogen) atoms. The molecular weight excluding hydrogens is 366 g/mol. The van der Waals surface area contributed by atoms with Crippen molar-refractivity contribution in [2.45, 2.75) is 42.6 Å². The first-order valence-corrected chi connectivity index (χ1v) is 8.80. The van der Waals surface area contributed by atoms with Crippen molar-refractivity contribution in [2.75, 3.05) is 0 Å². The SMILES string of the molecule is CC(C)(C)NCc1ccc(Sc2ccccc2Br)c(Cl)c1. The van der Waals surface area contributed by atoms with Crippen molar-refractivity contribution in [3.05, 3.63) is 57.5 Å². The second-order valence-electron chi connectivity index (χ2n) is 5.90. The summed E-state index contributed by atoms with van der Waals surface area (Å²) < 4.78 is 1.09. The summed E-state index contributed by atoms with van der Waals surface area (Å²) in [5.74, 6) is 0. The van der Waals surface area contributed by atoms with Crippen molar-refractivity contribution >= 4 is 39.3 Å². The lowest BCUT2D eigenvalue weighted by Crippen LogP contribution is -2.35. The molecule has 112 valence electrons. The molecule has 1 N–H and O–H groups in total. The molecule has 0 bridgehead atoms. The Morgan fingerprint density at radius 2 is 1.81 bits per heavy atom. The van der Waals surface area contributed by atoms with Crippen LogP contribution in [0.25, 0.3) is 0 Å². The van der Waals surface area contributed by atoms with Gasteiger partial charge >= 0.3 is 0 Å².